The van der Waals surface area contributed by atoms with Crippen molar-refractivity contribution in [3.8, 4) is 0 Å². The van der Waals surface area contributed by atoms with E-state index in [1.54, 1.807) is 47.1 Å². The minimum atomic E-state index is -0.553. The van der Waals surface area contributed by atoms with Crippen LogP contribution >= 0.6 is 23.2 Å². The zero-order chi connectivity index (χ0) is 18.3. The van der Waals surface area contributed by atoms with Crippen LogP contribution in [0.2, 0.25) is 10.0 Å². The number of amides is 1. The van der Waals surface area contributed by atoms with Gasteiger partial charge >= 0.3 is 5.63 Å². The first-order chi connectivity index (χ1) is 12.5. The van der Waals surface area contributed by atoms with Crippen LogP contribution in [0.1, 0.15) is 16.2 Å². The summed E-state index contributed by atoms with van der Waals surface area (Å²) in [6, 6.07) is 10.0. The molecule has 0 fully saturated rings. The summed E-state index contributed by atoms with van der Waals surface area (Å²) in [7, 11) is 0. The lowest BCUT2D eigenvalue weighted by Crippen LogP contribution is -2.24. The van der Waals surface area contributed by atoms with Crippen LogP contribution in [-0.2, 0) is 6.54 Å². The van der Waals surface area contributed by atoms with Crippen LogP contribution in [0, 0.1) is 0 Å². The average molecular weight is 388 g/mol. The molecule has 0 unspecified atom stereocenters. The van der Waals surface area contributed by atoms with Crippen molar-refractivity contribution in [2.75, 3.05) is 0 Å². The SMILES string of the molecule is O=C(NCc1cn2cc(Cl)cc(Cl)c2n1)c1cc2ccccc2c(=O)o1. The highest BCUT2D eigenvalue weighted by Crippen LogP contribution is 2.21. The summed E-state index contributed by atoms with van der Waals surface area (Å²) >= 11 is 12.1. The molecule has 4 rings (SSSR count). The summed E-state index contributed by atoms with van der Waals surface area (Å²) in [6.45, 7) is 0.144. The van der Waals surface area contributed by atoms with Crippen LogP contribution in [-0.4, -0.2) is 15.3 Å². The van der Waals surface area contributed by atoms with Crippen molar-refractivity contribution in [3.63, 3.8) is 0 Å². The van der Waals surface area contributed by atoms with E-state index in [0.717, 1.165) is 0 Å². The molecule has 0 radical (unpaired) electrons. The van der Waals surface area contributed by atoms with E-state index in [-0.39, 0.29) is 12.3 Å². The van der Waals surface area contributed by atoms with Crippen molar-refractivity contribution >= 4 is 45.5 Å². The molecule has 0 aliphatic heterocycles. The maximum atomic E-state index is 12.3. The second-order valence-corrected chi connectivity index (χ2v) is 6.48. The molecule has 0 atom stereocenters. The molecule has 0 bridgehead atoms. The number of nitrogens with one attached hydrogen (secondary N) is 1. The molecule has 0 saturated carbocycles. The van der Waals surface area contributed by atoms with Gasteiger partial charge in [0.05, 0.1) is 27.7 Å². The minimum Gasteiger partial charge on any atom is -0.417 e. The molecule has 0 saturated heterocycles. The van der Waals surface area contributed by atoms with E-state index in [4.69, 9.17) is 27.6 Å². The fourth-order valence-corrected chi connectivity index (χ4v) is 3.19. The van der Waals surface area contributed by atoms with Gasteiger partial charge in [0, 0.05) is 12.4 Å². The molecule has 3 aromatic heterocycles. The summed E-state index contributed by atoms with van der Waals surface area (Å²) < 4.78 is 6.79. The molecule has 130 valence electrons. The molecular weight excluding hydrogens is 377 g/mol. The van der Waals surface area contributed by atoms with E-state index in [0.29, 0.717) is 32.2 Å². The number of carbonyl (C=O) groups is 1. The average Bonchev–Trinajstić information content (AvgIpc) is 3.03. The number of nitrogens with zero attached hydrogens (tertiary/aromatic N) is 2. The Hall–Kier alpha value is -2.83. The Labute approximate surface area is 157 Å². The first kappa shape index (κ1) is 16.6. The topological polar surface area (TPSA) is 76.6 Å². The number of halogens is 2. The van der Waals surface area contributed by atoms with E-state index in [9.17, 15) is 9.59 Å². The molecule has 4 aromatic rings. The number of hydrogen-bond donors (Lipinski definition) is 1. The van der Waals surface area contributed by atoms with Gasteiger partial charge in [0.1, 0.15) is 0 Å². The van der Waals surface area contributed by atoms with Gasteiger partial charge in [-0.1, -0.05) is 41.4 Å². The van der Waals surface area contributed by atoms with Gasteiger partial charge in [-0.05, 0) is 23.6 Å². The fraction of sp³-hybridized carbons (Fsp3) is 0.0556. The third-order valence-electron chi connectivity index (χ3n) is 3.85. The highest BCUT2D eigenvalue weighted by atomic mass is 35.5. The highest BCUT2D eigenvalue weighted by Gasteiger charge is 2.13. The molecule has 3 heterocycles. The second kappa shape index (κ2) is 6.48. The van der Waals surface area contributed by atoms with Crippen molar-refractivity contribution in [2.45, 2.75) is 6.54 Å². The van der Waals surface area contributed by atoms with Crippen molar-refractivity contribution in [1.29, 1.82) is 0 Å². The van der Waals surface area contributed by atoms with Crippen molar-refractivity contribution in [3.05, 3.63) is 80.7 Å². The highest BCUT2D eigenvalue weighted by molar-refractivity contribution is 6.36. The molecule has 8 heteroatoms. The Bertz CT molecular complexity index is 1210. The molecule has 6 nitrogen and oxygen atoms in total. The standard InChI is InChI=1S/C18H11Cl2N3O3/c19-11-6-14(20)16-22-12(9-23(16)8-11)7-21-17(24)15-5-10-3-1-2-4-13(10)18(25)26-15/h1-6,8-9H,7H2,(H,21,24). The monoisotopic (exact) mass is 387 g/mol. The first-order valence-corrected chi connectivity index (χ1v) is 8.40. The predicted molar refractivity (Wildman–Crippen MR) is 98.9 cm³/mol. The van der Waals surface area contributed by atoms with Crippen LogP contribution in [0.25, 0.3) is 16.4 Å². The van der Waals surface area contributed by atoms with Crippen molar-refractivity contribution in [1.82, 2.24) is 14.7 Å². The van der Waals surface area contributed by atoms with Gasteiger partial charge < -0.3 is 14.1 Å². The van der Waals surface area contributed by atoms with Crippen LogP contribution < -0.4 is 10.9 Å². The van der Waals surface area contributed by atoms with Crippen LogP contribution in [0.5, 0.6) is 0 Å². The smallest absolute Gasteiger partial charge is 0.344 e. The Morgan fingerprint density at radius 3 is 2.85 bits per heavy atom. The zero-order valence-corrected chi connectivity index (χ0v) is 14.7. The first-order valence-electron chi connectivity index (χ1n) is 7.65. The van der Waals surface area contributed by atoms with Crippen LogP contribution in [0.4, 0.5) is 0 Å². The van der Waals surface area contributed by atoms with E-state index >= 15 is 0 Å². The van der Waals surface area contributed by atoms with Gasteiger partial charge in [0.2, 0.25) is 0 Å². The number of carbonyl (C=O) groups excluding carboxylic acids is 1. The van der Waals surface area contributed by atoms with Crippen LogP contribution in [0.3, 0.4) is 0 Å². The lowest BCUT2D eigenvalue weighted by Gasteiger charge is -2.03. The Morgan fingerprint density at radius 1 is 1.19 bits per heavy atom. The van der Waals surface area contributed by atoms with Crippen molar-refractivity contribution in [2.24, 2.45) is 0 Å². The number of benzene rings is 1. The lowest BCUT2D eigenvalue weighted by molar-refractivity contribution is 0.0919. The van der Waals surface area contributed by atoms with Gasteiger partial charge in [-0.2, -0.15) is 0 Å². The van der Waals surface area contributed by atoms with Crippen molar-refractivity contribution < 1.29 is 9.21 Å². The third kappa shape index (κ3) is 3.05. The minimum absolute atomic E-state index is 0.0569. The summed E-state index contributed by atoms with van der Waals surface area (Å²) in [6.07, 6.45) is 3.38. The summed E-state index contributed by atoms with van der Waals surface area (Å²) in [4.78, 5) is 28.7. The third-order valence-corrected chi connectivity index (χ3v) is 4.33. The largest absolute Gasteiger partial charge is 0.417 e. The molecule has 0 spiro atoms. The summed E-state index contributed by atoms with van der Waals surface area (Å²) in [5.74, 6) is -0.562. The quantitative estimate of drug-likeness (QED) is 0.581. The molecule has 0 aliphatic carbocycles. The van der Waals surface area contributed by atoms with E-state index < -0.39 is 11.5 Å². The zero-order valence-electron chi connectivity index (χ0n) is 13.2. The summed E-state index contributed by atoms with van der Waals surface area (Å²) in [5, 5.41) is 4.64. The molecule has 0 aliphatic rings. The maximum Gasteiger partial charge on any atom is 0.344 e. The fourth-order valence-electron chi connectivity index (χ4n) is 2.66. The number of hydrogen-bond acceptors (Lipinski definition) is 4. The number of fused-ring (bicyclic) bond motifs is 2. The number of rotatable bonds is 3. The maximum absolute atomic E-state index is 12.3. The molecule has 1 amide bonds. The number of aromatic nitrogens is 2. The van der Waals surface area contributed by atoms with Crippen LogP contribution in [0.15, 0.2) is 58.0 Å². The van der Waals surface area contributed by atoms with Gasteiger partial charge in [-0.25, -0.2) is 9.78 Å². The number of pyridine rings is 1. The molecule has 1 N–H and O–H groups in total. The van der Waals surface area contributed by atoms with Gasteiger partial charge in [0.15, 0.2) is 11.4 Å². The second-order valence-electron chi connectivity index (χ2n) is 5.64. The normalized spacial score (nSPS) is 11.2. The predicted octanol–water partition coefficient (Wildman–Crippen LogP) is 3.68. The Kier molecular flexibility index (Phi) is 4.14. The molecule has 1 aromatic carbocycles. The van der Waals surface area contributed by atoms with Gasteiger partial charge in [0.25, 0.3) is 5.91 Å². The van der Waals surface area contributed by atoms with E-state index in [2.05, 4.69) is 10.3 Å². The Balaban J connectivity index is 1.57. The molecular formula is C18H11Cl2N3O3. The van der Waals surface area contributed by atoms with E-state index in [1.807, 2.05) is 0 Å². The molecule has 26 heavy (non-hydrogen) atoms. The lowest BCUT2D eigenvalue weighted by atomic mass is 10.1. The Morgan fingerprint density at radius 2 is 2.00 bits per heavy atom. The van der Waals surface area contributed by atoms with Gasteiger partial charge in [-0.3, -0.25) is 4.79 Å². The van der Waals surface area contributed by atoms with Gasteiger partial charge in [-0.15, -0.1) is 0 Å². The number of imidazole rings is 1. The van der Waals surface area contributed by atoms with E-state index in [1.165, 1.54) is 6.07 Å². The summed E-state index contributed by atoms with van der Waals surface area (Å²) in [5.41, 5.74) is 0.575.